The highest BCUT2D eigenvalue weighted by Gasteiger charge is 2.20. The van der Waals surface area contributed by atoms with Gasteiger partial charge in [-0.3, -0.25) is 4.68 Å². The summed E-state index contributed by atoms with van der Waals surface area (Å²) in [5.41, 5.74) is 1.87. The fourth-order valence-electron chi connectivity index (χ4n) is 2.32. The van der Waals surface area contributed by atoms with Crippen LogP contribution in [0.3, 0.4) is 0 Å². The summed E-state index contributed by atoms with van der Waals surface area (Å²) < 4.78 is 15.2. The fraction of sp³-hybridized carbons (Fsp3) is 0.400. The molecule has 0 aliphatic carbocycles. The summed E-state index contributed by atoms with van der Waals surface area (Å²) in [4.78, 5) is 0. The maximum Gasteiger partial charge on any atom is 0.123 e. The first kappa shape index (κ1) is 15.0. The summed E-state index contributed by atoms with van der Waals surface area (Å²) in [5, 5.41) is 8.19. The van der Waals surface area contributed by atoms with E-state index in [2.05, 4.69) is 24.3 Å². The van der Waals surface area contributed by atoms with Gasteiger partial charge in [-0.1, -0.05) is 23.7 Å². The average Bonchev–Trinajstić information content (AvgIpc) is 2.78. The zero-order valence-electron chi connectivity index (χ0n) is 11.9. The Balaban J connectivity index is 2.31. The van der Waals surface area contributed by atoms with Crippen molar-refractivity contribution in [2.75, 3.05) is 7.05 Å². The molecule has 20 heavy (non-hydrogen) atoms. The van der Waals surface area contributed by atoms with Crippen molar-refractivity contribution in [2.45, 2.75) is 32.4 Å². The van der Waals surface area contributed by atoms with E-state index in [-0.39, 0.29) is 17.9 Å². The van der Waals surface area contributed by atoms with Gasteiger partial charge in [-0.2, -0.15) is 5.10 Å². The Kier molecular flexibility index (Phi) is 4.78. The van der Waals surface area contributed by atoms with Crippen molar-refractivity contribution in [2.24, 2.45) is 0 Å². The van der Waals surface area contributed by atoms with Crippen molar-refractivity contribution in [1.82, 2.24) is 15.1 Å². The molecule has 0 saturated carbocycles. The smallest absolute Gasteiger partial charge is 0.123 e. The van der Waals surface area contributed by atoms with Crippen LogP contribution in [0.15, 0.2) is 30.5 Å². The molecule has 0 fully saturated rings. The van der Waals surface area contributed by atoms with E-state index in [9.17, 15) is 4.39 Å². The lowest BCUT2D eigenvalue weighted by molar-refractivity contribution is 0.459. The molecular formula is C15H19ClFN3. The predicted octanol–water partition coefficient (Wildman–Crippen LogP) is 3.76. The van der Waals surface area contributed by atoms with Gasteiger partial charge in [-0.05, 0) is 45.0 Å². The van der Waals surface area contributed by atoms with Gasteiger partial charge in [0.1, 0.15) is 5.82 Å². The molecule has 1 heterocycles. The molecule has 0 radical (unpaired) electrons. The molecule has 108 valence electrons. The maximum absolute atomic E-state index is 13.3. The van der Waals surface area contributed by atoms with E-state index in [0.717, 1.165) is 11.3 Å². The van der Waals surface area contributed by atoms with Crippen LogP contribution in [0.25, 0.3) is 0 Å². The van der Waals surface area contributed by atoms with Crippen molar-refractivity contribution in [3.05, 3.63) is 52.6 Å². The number of rotatable bonds is 5. The van der Waals surface area contributed by atoms with Gasteiger partial charge in [0.2, 0.25) is 0 Å². The zero-order chi connectivity index (χ0) is 14.7. The molecule has 0 saturated heterocycles. The van der Waals surface area contributed by atoms with Crippen molar-refractivity contribution >= 4 is 11.6 Å². The number of likely N-dealkylation sites (N-methyl/N-ethyl adjacent to an activating group) is 1. The molecule has 0 amide bonds. The molecule has 2 rings (SSSR count). The van der Waals surface area contributed by atoms with Gasteiger partial charge >= 0.3 is 0 Å². The second kappa shape index (κ2) is 6.37. The molecule has 0 bridgehead atoms. The Bertz CT molecular complexity index is 580. The van der Waals surface area contributed by atoms with Crippen LogP contribution in [0.5, 0.6) is 0 Å². The summed E-state index contributed by atoms with van der Waals surface area (Å²) >= 11 is 6.26. The first-order valence-corrected chi connectivity index (χ1v) is 7.05. The lowest BCUT2D eigenvalue weighted by atomic mass is 10.0. The molecule has 0 spiro atoms. The fourth-order valence-corrected chi connectivity index (χ4v) is 2.59. The Morgan fingerprint density at radius 2 is 2.15 bits per heavy atom. The minimum absolute atomic E-state index is 0.00537. The molecule has 1 unspecified atom stereocenters. The topological polar surface area (TPSA) is 29.9 Å². The van der Waals surface area contributed by atoms with Crippen LogP contribution < -0.4 is 5.32 Å². The number of hydrogen-bond donors (Lipinski definition) is 1. The van der Waals surface area contributed by atoms with E-state index in [1.165, 1.54) is 6.07 Å². The van der Waals surface area contributed by atoms with Gasteiger partial charge in [0.05, 0.1) is 23.0 Å². The first-order chi connectivity index (χ1) is 9.52. The summed E-state index contributed by atoms with van der Waals surface area (Å²) in [5.74, 6) is -0.221. The summed E-state index contributed by atoms with van der Waals surface area (Å²) in [6.07, 6.45) is 2.32. The van der Waals surface area contributed by atoms with Gasteiger partial charge in [0, 0.05) is 6.04 Å². The van der Waals surface area contributed by atoms with Gasteiger partial charge in [-0.15, -0.1) is 0 Å². The summed E-state index contributed by atoms with van der Waals surface area (Å²) in [6.45, 7) is 4.11. The lowest BCUT2D eigenvalue weighted by Gasteiger charge is -2.20. The number of nitrogens with zero attached hydrogens (tertiary/aromatic N) is 2. The molecule has 1 N–H and O–H groups in total. The molecule has 1 aromatic carbocycles. The van der Waals surface area contributed by atoms with Crippen molar-refractivity contribution in [1.29, 1.82) is 0 Å². The van der Waals surface area contributed by atoms with Crippen LogP contribution in [0.1, 0.15) is 37.2 Å². The highest BCUT2D eigenvalue weighted by molar-refractivity contribution is 6.31. The van der Waals surface area contributed by atoms with E-state index < -0.39 is 0 Å². The summed E-state index contributed by atoms with van der Waals surface area (Å²) in [7, 11) is 1.87. The van der Waals surface area contributed by atoms with Crippen molar-refractivity contribution in [3.8, 4) is 0 Å². The predicted molar refractivity (Wildman–Crippen MR) is 79.5 cm³/mol. The van der Waals surface area contributed by atoms with Crippen LogP contribution in [0, 0.1) is 5.82 Å². The molecule has 1 aromatic heterocycles. The van der Waals surface area contributed by atoms with Gasteiger partial charge in [-0.25, -0.2) is 4.39 Å². The third kappa shape index (κ3) is 3.19. The normalized spacial score (nSPS) is 12.9. The molecule has 0 aliphatic heterocycles. The molecule has 2 aromatic rings. The lowest BCUT2D eigenvalue weighted by Crippen LogP contribution is -2.23. The number of halogens is 2. The van der Waals surface area contributed by atoms with Crippen molar-refractivity contribution in [3.63, 3.8) is 0 Å². The van der Waals surface area contributed by atoms with Gasteiger partial charge in [0.25, 0.3) is 0 Å². The van der Waals surface area contributed by atoms with Crippen molar-refractivity contribution < 1.29 is 4.39 Å². The average molecular weight is 296 g/mol. The molecule has 5 heteroatoms. The maximum atomic E-state index is 13.3. The number of aromatic nitrogens is 2. The monoisotopic (exact) mass is 295 g/mol. The van der Waals surface area contributed by atoms with E-state index in [4.69, 9.17) is 11.6 Å². The SMILES string of the molecule is CNC(Cc1cccc(F)c1)c1c(Cl)cnn1C(C)C. The van der Waals surface area contributed by atoms with Crippen LogP contribution in [-0.4, -0.2) is 16.8 Å². The molecule has 1 atom stereocenters. The quantitative estimate of drug-likeness (QED) is 0.910. The third-order valence-corrected chi connectivity index (χ3v) is 3.57. The molecule has 0 aliphatic rings. The third-order valence-electron chi connectivity index (χ3n) is 3.28. The molecular weight excluding hydrogens is 277 g/mol. The van der Waals surface area contributed by atoms with E-state index in [1.807, 2.05) is 17.8 Å². The largest absolute Gasteiger partial charge is 0.311 e. The zero-order valence-corrected chi connectivity index (χ0v) is 12.7. The number of nitrogens with one attached hydrogen (secondary N) is 1. The van der Waals surface area contributed by atoms with E-state index in [0.29, 0.717) is 11.4 Å². The Labute approximate surface area is 123 Å². The summed E-state index contributed by atoms with van der Waals surface area (Å²) in [6, 6.07) is 6.85. The first-order valence-electron chi connectivity index (χ1n) is 6.67. The number of hydrogen-bond acceptors (Lipinski definition) is 2. The highest BCUT2D eigenvalue weighted by Crippen LogP contribution is 2.27. The highest BCUT2D eigenvalue weighted by atomic mass is 35.5. The van der Waals surface area contributed by atoms with Gasteiger partial charge < -0.3 is 5.32 Å². The van der Waals surface area contributed by atoms with Crippen LogP contribution >= 0.6 is 11.6 Å². The van der Waals surface area contributed by atoms with E-state index in [1.54, 1.807) is 18.3 Å². The second-order valence-corrected chi connectivity index (χ2v) is 5.50. The van der Waals surface area contributed by atoms with Crippen LogP contribution in [-0.2, 0) is 6.42 Å². The van der Waals surface area contributed by atoms with Gasteiger partial charge in [0.15, 0.2) is 0 Å². The molecule has 3 nitrogen and oxygen atoms in total. The Morgan fingerprint density at radius 1 is 1.40 bits per heavy atom. The van der Waals surface area contributed by atoms with Crippen LogP contribution in [0.4, 0.5) is 4.39 Å². The second-order valence-electron chi connectivity index (χ2n) is 5.09. The minimum atomic E-state index is -0.221. The Morgan fingerprint density at radius 3 is 2.75 bits per heavy atom. The standard InChI is InChI=1S/C15H19ClFN3/c1-10(2)20-15(13(16)9-19-20)14(18-3)8-11-5-4-6-12(17)7-11/h4-7,9-10,14,18H,8H2,1-3H3. The minimum Gasteiger partial charge on any atom is -0.311 e. The number of benzene rings is 1. The Hall–Kier alpha value is -1.39. The van der Waals surface area contributed by atoms with E-state index >= 15 is 0 Å². The van der Waals surface area contributed by atoms with Crippen LogP contribution in [0.2, 0.25) is 5.02 Å².